The van der Waals surface area contributed by atoms with Crippen molar-refractivity contribution < 1.29 is 14.7 Å². The summed E-state index contributed by atoms with van der Waals surface area (Å²) in [6, 6.07) is 6.23. The van der Waals surface area contributed by atoms with Gasteiger partial charge in [0, 0.05) is 16.5 Å². The first-order valence-corrected chi connectivity index (χ1v) is 8.45. The van der Waals surface area contributed by atoms with E-state index >= 15 is 0 Å². The number of aromatic nitrogens is 1. The average Bonchev–Trinajstić information content (AvgIpc) is 2.97. The van der Waals surface area contributed by atoms with E-state index in [1.54, 1.807) is 29.5 Å². The van der Waals surface area contributed by atoms with Gasteiger partial charge >= 0.3 is 5.97 Å². The summed E-state index contributed by atoms with van der Waals surface area (Å²) >= 11 is 1.55. The lowest BCUT2D eigenvalue weighted by Gasteiger charge is -2.14. The van der Waals surface area contributed by atoms with E-state index in [0.29, 0.717) is 12.0 Å². The minimum absolute atomic E-state index is 0.373. The molecule has 0 aliphatic carbocycles. The molecule has 0 saturated carbocycles. The molecule has 2 rings (SSSR count). The van der Waals surface area contributed by atoms with Crippen LogP contribution in [0, 0.1) is 6.92 Å². The Bertz CT molecular complexity index is 697. The fourth-order valence-electron chi connectivity index (χ4n) is 2.22. The largest absolute Gasteiger partial charge is 0.480 e. The Hall–Kier alpha value is -2.21. The summed E-state index contributed by atoms with van der Waals surface area (Å²) in [5, 5.41) is 14.7. The Morgan fingerprint density at radius 2 is 2.17 bits per heavy atom. The van der Waals surface area contributed by atoms with Crippen LogP contribution < -0.4 is 5.32 Å². The number of nitrogens with zero attached hydrogens (tertiary/aromatic N) is 1. The van der Waals surface area contributed by atoms with Gasteiger partial charge in [0.1, 0.15) is 6.04 Å². The molecule has 0 aliphatic rings. The summed E-state index contributed by atoms with van der Waals surface area (Å²) in [4.78, 5) is 28.0. The molecule has 2 N–H and O–H groups in total. The number of carboxylic acids is 1. The molecule has 23 heavy (non-hydrogen) atoms. The fraction of sp³-hybridized carbons (Fsp3) is 0.353. The van der Waals surface area contributed by atoms with Crippen molar-refractivity contribution >= 4 is 23.2 Å². The van der Waals surface area contributed by atoms with E-state index in [2.05, 4.69) is 10.3 Å². The van der Waals surface area contributed by atoms with E-state index in [0.717, 1.165) is 29.1 Å². The van der Waals surface area contributed by atoms with Crippen LogP contribution in [0.15, 0.2) is 29.6 Å². The summed E-state index contributed by atoms with van der Waals surface area (Å²) in [7, 11) is 0. The maximum absolute atomic E-state index is 12.3. The molecule has 1 aromatic heterocycles. The Morgan fingerprint density at radius 1 is 1.39 bits per heavy atom. The number of unbranched alkanes of at least 4 members (excludes halogenated alkanes) is 1. The number of hydrogen-bond donors (Lipinski definition) is 2. The Kier molecular flexibility index (Phi) is 5.87. The molecule has 1 amide bonds. The van der Waals surface area contributed by atoms with Crippen LogP contribution in [0.4, 0.5) is 0 Å². The number of hydrogen-bond acceptors (Lipinski definition) is 4. The second-order valence-corrected chi connectivity index (χ2v) is 6.40. The highest BCUT2D eigenvalue weighted by molar-refractivity contribution is 7.09. The van der Waals surface area contributed by atoms with Crippen LogP contribution in [0.5, 0.6) is 0 Å². The molecule has 122 valence electrons. The summed E-state index contributed by atoms with van der Waals surface area (Å²) in [6.45, 7) is 3.91. The standard InChI is InChI=1S/C17H20N2O3S/c1-3-4-8-14(17(21)22)19-16(20)13-7-5-6-12(9-13)15-10-23-11(2)18-15/h5-7,9-10,14H,3-4,8H2,1-2H3,(H,19,20)(H,21,22). The van der Waals surface area contributed by atoms with Gasteiger partial charge in [-0.2, -0.15) is 0 Å². The second-order valence-electron chi connectivity index (χ2n) is 5.34. The number of amides is 1. The van der Waals surface area contributed by atoms with Gasteiger partial charge in [0.05, 0.1) is 10.7 Å². The first-order chi connectivity index (χ1) is 11.0. The van der Waals surface area contributed by atoms with Crippen LogP contribution in [-0.2, 0) is 4.79 Å². The molecular weight excluding hydrogens is 312 g/mol. The molecule has 0 radical (unpaired) electrons. The van der Waals surface area contributed by atoms with Crippen LogP contribution in [0.25, 0.3) is 11.3 Å². The maximum atomic E-state index is 12.3. The topological polar surface area (TPSA) is 79.3 Å². The van der Waals surface area contributed by atoms with Gasteiger partial charge < -0.3 is 10.4 Å². The normalized spacial score (nSPS) is 11.9. The Balaban J connectivity index is 2.14. The monoisotopic (exact) mass is 332 g/mol. The molecule has 0 saturated heterocycles. The number of rotatable bonds is 7. The van der Waals surface area contributed by atoms with Gasteiger partial charge in [-0.05, 0) is 25.5 Å². The molecule has 1 heterocycles. The highest BCUT2D eigenvalue weighted by atomic mass is 32.1. The predicted molar refractivity (Wildman–Crippen MR) is 90.7 cm³/mol. The van der Waals surface area contributed by atoms with Gasteiger partial charge in [-0.25, -0.2) is 9.78 Å². The highest BCUT2D eigenvalue weighted by Crippen LogP contribution is 2.22. The summed E-state index contributed by atoms with van der Waals surface area (Å²) in [6.07, 6.45) is 2.08. The van der Waals surface area contributed by atoms with Gasteiger partial charge in [-0.3, -0.25) is 4.79 Å². The number of benzene rings is 1. The molecular formula is C17H20N2O3S. The van der Waals surface area contributed by atoms with Gasteiger partial charge in [-0.1, -0.05) is 31.9 Å². The maximum Gasteiger partial charge on any atom is 0.326 e. The molecule has 0 spiro atoms. The lowest BCUT2D eigenvalue weighted by atomic mass is 10.1. The number of carbonyl (C=O) groups is 2. The lowest BCUT2D eigenvalue weighted by molar-refractivity contribution is -0.139. The highest BCUT2D eigenvalue weighted by Gasteiger charge is 2.20. The first-order valence-electron chi connectivity index (χ1n) is 7.57. The van der Waals surface area contributed by atoms with Crippen molar-refractivity contribution in [1.29, 1.82) is 0 Å². The van der Waals surface area contributed by atoms with E-state index in [4.69, 9.17) is 0 Å². The third-order valence-electron chi connectivity index (χ3n) is 3.49. The van der Waals surface area contributed by atoms with Crippen molar-refractivity contribution in [3.05, 3.63) is 40.2 Å². The van der Waals surface area contributed by atoms with Crippen molar-refractivity contribution in [1.82, 2.24) is 10.3 Å². The summed E-state index contributed by atoms with van der Waals surface area (Å²) in [5.74, 6) is -1.37. The van der Waals surface area contributed by atoms with Crippen molar-refractivity contribution in [3.8, 4) is 11.3 Å². The number of nitrogens with one attached hydrogen (secondary N) is 1. The van der Waals surface area contributed by atoms with Crippen LogP contribution >= 0.6 is 11.3 Å². The molecule has 1 atom stereocenters. The third kappa shape index (κ3) is 4.63. The van der Waals surface area contributed by atoms with E-state index in [-0.39, 0.29) is 5.91 Å². The van der Waals surface area contributed by atoms with Crippen LogP contribution in [-0.4, -0.2) is 28.0 Å². The number of carboxylic acid groups (broad SMARTS) is 1. The molecule has 1 unspecified atom stereocenters. The minimum Gasteiger partial charge on any atom is -0.480 e. The summed E-state index contributed by atoms with van der Waals surface area (Å²) in [5.41, 5.74) is 2.11. The minimum atomic E-state index is -1.00. The summed E-state index contributed by atoms with van der Waals surface area (Å²) < 4.78 is 0. The zero-order chi connectivity index (χ0) is 16.8. The Labute approximate surface area is 139 Å². The number of carbonyl (C=O) groups excluding carboxylic acids is 1. The lowest BCUT2D eigenvalue weighted by Crippen LogP contribution is -2.40. The molecule has 0 bridgehead atoms. The van der Waals surface area contributed by atoms with E-state index in [1.807, 2.05) is 25.3 Å². The number of thiazole rings is 1. The Morgan fingerprint density at radius 3 is 2.78 bits per heavy atom. The quantitative estimate of drug-likeness (QED) is 0.813. The fourth-order valence-corrected chi connectivity index (χ4v) is 2.85. The number of aryl methyl sites for hydroxylation is 1. The molecule has 6 heteroatoms. The third-order valence-corrected chi connectivity index (χ3v) is 4.26. The molecule has 5 nitrogen and oxygen atoms in total. The van der Waals surface area contributed by atoms with Crippen LogP contribution in [0.3, 0.4) is 0 Å². The second kappa shape index (κ2) is 7.87. The van der Waals surface area contributed by atoms with Crippen molar-refractivity contribution in [2.45, 2.75) is 39.2 Å². The molecule has 0 fully saturated rings. The molecule has 0 aliphatic heterocycles. The van der Waals surface area contributed by atoms with Gasteiger partial charge in [-0.15, -0.1) is 11.3 Å². The van der Waals surface area contributed by atoms with E-state index in [9.17, 15) is 14.7 Å². The van der Waals surface area contributed by atoms with Gasteiger partial charge in [0.2, 0.25) is 0 Å². The van der Waals surface area contributed by atoms with Crippen molar-refractivity contribution in [3.63, 3.8) is 0 Å². The zero-order valence-corrected chi connectivity index (χ0v) is 14.0. The van der Waals surface area contributed by atoms with Gasteiger partial charge in [0.25, 0.3) is 5.91 Å². The average molecular weight is 332 g/mol. The number of aliphatic carboxylic acids is 1. The predicted octanol–water partition coefficient (Wildman–Crippen LogP) is 3.49. The zero-order valence-electron chi connectivity index (χ0n) is 13.2. The van der Waals surface area contributed by atoms with Crippen molar-refractivity contribution in [2.24, 2.45) is 0 Å². The van der Waals surface area contributed by atoms with Gasteiger partial charge in [0.15, 0.2) is 0 Å². The van der Waals surface area contributed by atoms with Crippen LogP contribution in [0.1, 0.15) is 41.6 Å². The SMILES string of the molecule is CCCCC(NC(=O)c1cccc(-c2csc(C)n2)c1)C(=O)O. The van der Waals surface area contributed by atoms with E-state index in [1.165, 1.54) is 0 Å². The first kappa shape index (κ1) is 17.1. The molecule has 1 aromatic carbocycles. The molecule has 2 aromatic rings. The van der Waals surface area contributed by atoms with Crippen molar-refractivity contribution in [2.75, 3.05) is 0 Å². The van der Waals surface area contributed by atoms with E-state index < -0.39 is 12.0 Å². The smallest absolute Gasteiger partial charge is 0.326 e. The van der Waals surface area contributed by atoms with Crippen LogP contribution in [0.2, 0.25) is 0 Å².